The van der Waals surface area contributed by atoms with Gasteiger partial charge < -0.3 is 14.8 Å². The molecule has 2 aliphatic rings. The summed E-state index contributed by atoms with van der Waals surface area (Å²) >= 11 is 12.3. The molecule has 1 saturated heterocycles. The fraction of sp³-hybridized carbons (Fsp3) is 0.222. The number of carbonyl (C=O) groups excluding carboxylic acids is 2. The number of carbonyl (C=O) groups is 2. The second kappa shape index (κ2) is 6.07. The van der Waals surface area contributed by atoms with Gasteiger partial charge in [-0.15, -0.1) is 0 Å². The van der Waals surface area contributed by atoms with E-state index in [4.69, 9.17) is 32.7 Å². The van der Waals surface area contributed by atoms with E-state index >= 15 is 0 Å². The molecule has 134 valence electrons. The highest BCUT2D eigenvalue weighted by Gasteiger charge is 2.49. The highest BCUT2D eigenvalue weighted by molar-refractivity contribution is 6.36. The molecule has 0 aromatic heterocycles. The molecule has 1 unspecified atom stereocenters. The zero-order valence-corrected chi connectivity index (χ0v) is 15.2. The third-order valence-electron chi connectivity index (χ3n) is 4.60. The van der Waals surface area contributed by atoms with Crippen molar-refractivity contribution in [3.05, 3.63) is 57.6 Å². The van der Waals surface area contributed by atoms with Gasteiger partial charge in [0, 0.05) is 15.6 Å². The molecule has 2 aromatic carbocycles. The molecule has 26 heavy (non-hydrogen) atoms. The summed E-state index contributed by atoms with van der Waals surface area (Å²) in [5.74, 6) is 0.754. The first kappa shape index (κ1) is 17.0. The van der Waals surface area contributed by atoms with Crippen LogP contribution >= 0.6 is 23.2 Å². The summed E-state index contributed by atoms with van der Waals surface area (Å²) in [7, 11) is 0. The zero-order valence-electron chi connectivity index (χ0n) is 13.7. The minimum absolute atomic E-state index is 0.0106. The molecule has 6 nitrogen and oxygen atoms in total. The Balaban J connectivity index is 1.66. The Hall–Kier alpha value is -2.44. The zero-order chi connectivity index (χ0) is 18.5. The Bertz CT molecular complexity index is 913. The number of rotatable bonds is 3. The van der Waals surface area contributed by atoms with Gasteiger partial charge >= 0.3 is 6.03 Å². The lowest BCUT2D eigenvalue weighted by Crippen LogP contribution is -2.40. The van der Waals surface area contributed by atoms with Crippen LogP contribution in [0.1, 0.15) is 18.1 Å². The van der Waals surface area contributed by atoms with Crippen LogP contribution < -0.4 is 14.8 Å². The first-order valence-corrected chi connectivity index (χ1v) is 8.63. The number of ether oxygens (including phenoxy) is 2. The number of imide groups is 1. The van der Waals surface area contributed by atoms with E-state index in [9.17, 15) is 9.59 Å². The van der Waals surface area contributed by atoms with E-state index in [1.807, 2.05) is 0 Å². The largest absolute Gasteiger partial charge is 0.454 e. The maximum Gasteiger partial charge on any atom is 0.325 e. The molecule has 1 fully saturated rings. The maximum absolute atomic E-state index is 13.0. The minimum Gasteiger partial charge on any atom is -0.454 e. The predicted octanol–water partition coefficient (Wildman–Crippen LogP) is 3.69. The Morgan fingerprint density at radius 3 is 2.54 bits per heavy atom. The maximum atomic E-state index is 13.0. The van der Waals surface area contributed by atoms with E-state index in [0.29, 0.717) is 32.7 Å². The van der Waals surface area contributed by atoms with Crippen molar-refractivity contribution in [1.29, 1.82) is 0 Å². The lowest BCUT2D eigenvalue weighted by atomic mass is 9.91. The molecular formula is C18H14Cl2N2O4. The summed E-state index contributed by atoms with van der Waals surface area (Å²) in [5, 5.41) is 3.55. The van der Waals surface area contributed by atoms with Crippen molar-refractivity contribution >= 4 is 35.1 Å². The molecule has 8 heteroatoms. The molecule has 1 N–H and O–H groups in total. The fourth-order valence-electron chi connectivity index (χ4n) is 3.09. The molecule has 0 radical (unpaired) electrons. The van der Waals surface area contributed by atoms with Gasteiger partial charge in [0.1, 0.15) is 5.54 Å². The van der Waals surface area contributed by atoms with E-state index in [1.165, 1.54) is 0 Å². The van der Waals surface area contributed by atoms with Crippen LogP contribution in [0.3, 0.4) is 0 Å². The summed E-state index contributed by atoms with van der Waals surface area (Å²) in [6.07, 6.45) is 0. The van der Waals surface area contributed by atoms with Gasteiger partial charge in [0.25, 0.3) is 5.91 Å². The summed E-state index contributed by atoms with van der Waals surface area (Å²) < 4.78 is 10.7. The summed E-state index contributed by atoms with van der Waals surface area (Å²) in [6, 6.07) is 9.68. The van der Waals surface area contributed by atoms with Crippen LogP contribution in [0.2, 0.25) is 10.0 Å². The molecule has 0 spiro atoms. The van der Waals surface area contributed by atoms with E-state index in [-0.39, 0.29) is 13.3 Å². The number of benzene rings is 2. The number of amides is 3. The Morgan fingerprint density at radius 2 is 1.81 bits per heavy atom. The number of hydrogen-bond donors (Lipinski definition) is 1. The van der Waals surface area contributed by atoms with Crippen LogP contribution in [0.25, 0.3) is 0 Å². The van der Waals surface area contributed by atoms with E-state index in [0.717, 1.165) is 4.90 Å². The molecule has 3 amide bonds. The van der Waals surface area contributed by atoms with E-state index in [1.54, 1.807) is 43.3 Å². The molecule has 0 aliphatic carbocycles. The number of nitrogens with one attached hydrogen (secondary N) is 1. The van der Waals surface area contributed by atoms with Gasteiger partial charge in [-0.2, -0.15) is 0 Å². The van der Waals surface area contributed by atoms with Crippen LogP contribution in [-0.2, 0) is 16.9 Å². The predicted molar refractivity (Wildman–Crippen MR) is 95.5 cm³/mol. The van der Waals surface area contributed by atoms with Gasteiger partial charge in [0.05, 0.1) is 6.54 Å². The highest BCUT2D eigenvalue weighted by atomic mass is 35.5. The SMILES string of the molecule is CC1(c2ccc3c(c2)OCO3)NC(=O)N(Cc2c(Cl)cccc2Cl)C1=O. The molecule has 2 heterocycles. The molecule has 1 atom stereocenters. The average molecular weight is 393 g/mol. The molecular weight excluding hydrogens is 379 g/mol. The van der Waals surface area contributed by atoms with Gasteiger partial charge in [-0.3, -0.25) is 9.69 Å². The average Bonchev–Trinajstić information content (AvgIpc) is 3.15. The normalized spacial score (nSPS) is 21.3. The van der Waals surface area contributed by atoms with Crippen molar-refractivity contribution in [3.8, 4) is 11.5 Å². The molecule has 2 aromatic rings. The third kappa shape index (κ3) is 2.57. The molecule has 0 bridgehead atoms. The van der Waals surface area contributed by atoms with E-state index < -0.39 is 17.5 Å². The molecule has 0 saturated carbocycles. The summed E-state index contributed by atoms with van der Waals surface area (Å²) in [6.45, 7) is 1.77. The van der Waals surface area contributed by atoms with Crippen molar-refractivity contribution in [2.75, 3.05) is 6.79 Å². The van der Waals surface area contributed by atoms with Gasteiger partial charge in [0.2, 0.25) is 6.79 Å². The van der Waals surface area contributed by atoms with Crippen LogP contribution in [0.5, 0.6) is 11.5 Å². The fourth-order valence-corrected chi connectivity index (χ4v) is 3.60. The summed E-state index contributed by atoms with van der Waals surface area (Å²) in [5.41, 5.74) is -0.0895. The van der Waals surface area contributed by atoms with Crippen LogP contribution in [0, 0.1) is 0 Å². The smallest absolute Gasteiger partial charge is 0.325 e. The second-order valence-electron chi connectivity index (χ2n) is 6.21. The lowest BCUT2D eigenvalue weighted by Gasteiger charge is -2.22. The monoisotopic (exact) mass is 392 g/mol. The lowest BCUT2D eigenvalue weighted by molar-refractivity contribution is -0.131. The first-order valence-electron chi connectivity index (χ1n) is 7.87. The van der Waals surface area contributed by atoms with Gasteiger partial charge in [-0.05, 0) is 36.8 Å². The number of nitrogens with zero attached hydrogens (tertiary/aromatic N) is 1. The number of urea groups is 1. The van der Waals surface area contributed by atoms with Crippen molar-refractivity contribution in [2.45, 2.75) is 19.0 Å². The van der Waals surface area contributed by atoms with Gasteiger partial charge in [-0.25, -0.2) is 4.79 Å². The van der Waals surface area contributed by atoms with Crippen LogP contribution in [0.4, 0.5) is 4.79 Å². The van der Waals surface area contributed by atoms with Crippen molar-refractivity contribution in [1.82, 2.24) is 10.2 Å². The third-order valence-corrected chi connectivity index (χ3v) is 5.31. The van der Waals surface area contributed by atoms with Crippen LogP contribution in [-0.4, -0.2) is 23.6 Å². The van der Waals surface area contributed by atoms with E-state index in [2.05, 4.69) is 5.32 Å². The van der Waals surface area contributed by atoms with Gasteiger partial charge in [0.15, 0.2) is 11.5 Å². The van der Waals surface area contributed by atoms with Crippen LogP contribution in [0.15, 0.2) is 36.4 Å². The quantitative estimate of drug-likeness (QED) is 0.808. The number of fused-ring (bicyclic) bond motifs is 1. The minimum atomic E-state index is -1.22. The van der Waals surface area contributed by atoms with Crippen molar-refractivity contribution < 1.29 is 19.1 Å². The standard InChI is InChI=1S/C18H14Cl2N2O4/c1-18(10-5-6-14-15(7-10)26-9-25-14)16(23)22(17(24)21-18)8-11-12(19)3-2-4-13(11)20/h2-7H,8-9H2,1H3,(H,21,24). The van der Waals surface area contributed by atoms with Crippen molar-refractivity contribution in [3.63, 3.8) is 0 Å². The first-order chi connectivity index (χ1) is 12.4. The Morgan fingerprint density at radius 1 is 1.12 bits per heavy atom. The van der Waals surface area contributed by atoms with Gasteiger partial charge in [-0.1, -0.05) is 35.3 Å². The molecule has 2 aliphatic heterocycles. The number of hydrogen-bond acceptors (Lipinski definition) is 4. The summed E-state index contributed by atoms with van der Waals surface area (Å²) in [4.78, 5) is 26.6. The van der Waals surface area contributed by atoms with Crippen molar-refractivity contribution in [2.24, 2.45) is 0 Å². The highest BCUT2D eigenvalue weighted by Crippen LogP contribution is 2.38. The Kier molecular flexibility index (Phi) is 3.97. The topological polar surface area (TPSA) is 67.9 Å². The molecule has 4 rings (SSSR count). The second-order valence-corrected chi connectivity index (χ2v) is 7.03. The number of halogens is 2. The Labute approximate surface area is 159 Å².